The van der Waals surface area contributed by atoms with E-state index >= 15 is 0 Å². The number of alkyl halides is 1. The Morgan fingerprint density at radius 1 is 1.43 bits per heavy atom. The second-order valence-electron chi connectivity index (χ2n) is 3.09. The first kappa shape index (κ1) is 11.1. The number of halogens is 1. The number of rotatable bonds is 2. The summed E-state index contributed by atoms with van der Waals surface area (Å²) in [5, 5.41) is 7.35. The van der Waals surface area contributed by atoms with Crippen LogP contribution < -0.4 is 0 Å². The van der Waals surface area contributed by atoms with Gasteiger partial charge in [-0.25, -0.2) is 9.02 Å². The molecule has 0 spiro atoms. The van der Waals surface area contributed by atoms with E-state index in [2.05, 4.69) is 14.9 Å². The summed E-state index contributed by atoms with van der Waals surface area (Å²) in [6.07, 6.45) is -0.662. The van der Waals surface area contributed by atoms with Crippen LogP contribution in [0.3, 0.4) is 0 Å². The van der Waals surface area contributed by atoms with E-state index in [1.54, 1.807) is 0 Å². The minimum atomic E-state index is -0.662. The number of hydrogen-bond donors (Lipinski definition) is 0. The molecule has 1 fully saturated rings. The SMILES string of the molecule is CC.Cc1nonc1CN1CC(F)C1. The molecule has 80 valence electrons. The number of nitrogens with zero attached hydrogens (tertiary/aromatic N) is 3. The molecule has 14 heavy (non-hydrogen) atoms. The molecule has 0 unspecified atom stereocenters. The standard InChI is InChI=1S/C7H10FN3O.C2H6/c1-5-7(10-12-9-5)4-11-2-6(8)3-11;1-2/h6H,2-4H2,1H3;1-2H3. The number of aromatic nitrogens is 2. The monoisotopic (exact) mass is 201 g/mol. The van der Waals surface area contributed by atoms with Crippen molar-refractivity contribution in [2.45, 2.75) is 33.5 Å². The van der Waals surface area contributed by atoms with Crippen molar-refractivity contribution in [3.8, 4) is 0 Å². The summed E-state index contributed by atoms with van der Waals surface area (Å²) in [5.41, 5.74) is 1.60. The van der Waals surface area contributed by atoms with Gasteiger partial charge in [0.15, 0.2) is 0 Å². The molecule has 0 aromatic carbocycles. The van der Waals surface area contributed by atoms with Crippen molar-refractivity contribution in [1.82, 2.24) is 15.2 Å². The Hall–Kier alpha value is -0.970. The second kappa shape index (κ2) is 5.05. The zero-order valence-electron chi connectivity index (χ0n) is 8.83. The summed E-state index contributed by atoms with van der Waals surface area (Å²) >= 11 is 0. The van der Waals surface area contributed by atoms with Crippen molar-refractivity contribution in [3.05, 3.63) is 11.4 Å². The molecule has 0 bridgehead atoms. The number of aryl methyl sites for hydroxylation is 1. The van der Waals surface area contributed by atoms with Crippen molar-refractivity contribution in [3.63, 3.8) is 0 Å². The van der Waals surface area contributed by atoms with E-state index in [1.165, 1.54) is 0 Å². The molecule has 1 aliphatic rings. The summed E-state index contributed by atoms with van der Waals surface area (Å²) in [4.78, 5) is 1.97. The van der Waals surface area contributed by atoms with Gasteiger partial charge in [-0.1, -0.05) is 24.2 Å². The predicted molar refractivity (Wildman–Crippen MR) is 50.6 cm³/mol. The first-order valence-electron chi connectivity index (χ1n) is 4.90. The van der Waals surface area contributed by atoms with Gasteiger partial charge in [-0.05, 0) is 6.92 Å². The van der Waals surface area contributed by atoms with E-state index in [1.807, 2.05) is 25.7 Å². The van der Waals surface area contributed by atoms with Gasteiger partial charge in [0.05, 0.1) is 0 Å². The van der Waals surface area contributed by atoms with E-state index in [-0.39, 0.29) is 0 Å². The highest BCUT2D eigenvalue weighted by Crippen LogP contribution is 2.15. The summed E-state index contributed by atoms with van der Waals surface area (Å²) in [7, 11) is 0. The van der Waals surface area contributed by atoms with Gasteiger partial charge in [0.25, 0.3) is 0 Å². The normalized spacial score (nSPS) is 17.1. The van der Waals surface area contributed by atoms with Gasteiger partial charge in [0, 0.05) is 19.6 Å². The zero-order chi connectivity index (χ0) is 10.6. The molecule has 1 aliphatic heterocycles. The van der Waals surface area contributed by atoms with Crippen LogP contribution in [0.15, 0.2) is 4.63 Å². The van der Waals surface area contributed by atoms with Gasteiger partial charge in [0.2, 0.25) is 0 Å². The quantitative estimate of drug-likeness (QED) is 0.728. The lowest BCUT2D eigenvalue weighted by Gasteiger charge is -2.33. The van der Waals surface area contributed by atoms with Crippen molar-refractivity contribution >= 4 is 0 Å². The molecule has 0 aliphatic carbocycles. The van der Waals surface area contributed by atoms with Gasteiger partial charge in [-0.3, -0.25) is 4.90 Å². The highest BCUT2D eigenvalue weighted by Gasteiger charge is 2.27. The van der Waals surface area contributed by atoms with E-state index in [4.69, 9.17) is 0 Å². The molecule has 0 radical (unpaired) electrons. The third-order valence-electron chi connectivity index (χ3n) is 2.03. The van der Waals surface area contributed by atoms with Crippen LogP contribution in [0.5, 0.6) is 0 Å². The van der Waals surface area contributed by atoms with Crippen molar-refractivity contribution in [1.29, 1.82) is 0 Å². The molecular weight excluding hydrogens is 185 g/mol. The highest BCUT2D eigenvalue weighted by molar-refractivity contribution is 5.05. The van der Waals surface area contributed by atoms with E-state index < -0.39 is 6.17 Å². The Morgan fingerprint density at radius 3 is 2.50 bits per heavy atom. The van der Waals surface area contributed by atoms with Crippen LogP contribution in [0.2, 0.25) is 0 Å². The Bertz CT molecular complexity index is 271. The number of hydrogen-bond acceptors (Lipinski definition) is 4. The van der Waals surface area contributed by atoms with Crippen molar-refractivity contribution < 1.29 is 9.02 Å². The van der Waals surface area contributed by atoms with Crippen LogP contribution in [0.1, 0.15) is 25.2 Å². The molecule has 2 heterocycles. The third kappa shape index (κ3) is 2.51. The Kier molecular flexibility index (Phi) is 4.00. The topological polar surface area (TPSA) is 42.2 Å². The third-order valence-corrected chi connectivity index (χ3v) is 2.03. The lowest BCUT2D eigenvalue weighted by Crippen LogP contribution is -2.47. The van der Waals surface area contributed by atoms with Crippen molar-refractivity contribution in [2.75, 3.05) is 13.1 Å². The molecule has 0 amide bonds. The average molecular weight is 201 g/mol. The molecule has 2 rings (SSSR count). The minimum Gasteiger partial charge on any atom is -0.291 e. The largest absolute Gasteiger partial charge is 0.291 e. The Balaban J connectivity index is 0.000000461. The van der Waals surface area contributed by atoms with E-state index in [0.29, 0.717) is 19.6 Å². The van der Waals surface area contributed by atoms with Gasteiger partial charge < -0.3 is 0 Å². The fraction of sp³-hybridized carbons (Fsp3) is 0.778. The van der Waals surface area contributed by atoms with Crippen LogP contribution in [-0.4, -0.2) is 34.5 Å². The molecule has 1 saturated heterocycles. The Morgan fingerprint density at radius 2 is 2.07 bits per heavy atom. The summed E-state index contributed by atoms with van der Waals surface area (Å²) in [5.74, 6) is 0. The molecule has 0 atom stereocenters. The smallest absolute Gasteiger partial charge is 0.125 e. The zero-order valence-corrected chi connectivity index (χ0v) is 8.83. The molecule has 0 N–H and O–H groups in total. The van der Waals surface area contributed by atoms with Crippen LogP contribution in [0, 0.1) is 6.92 Å². The Labute approximate surface area is 83.0 Å². The van der Waals surface area contributed by atoms with Gasteiger partial charge in [0.1, 0.15) is 17.6 Å². The van der Waals surface area contributed by atoms with Crippen molar-refractivity contribution in [2.24, 2.45) is 0 Å². The molecule has 0 saturated carbocycles. The molecule has 5 heteroatoms. The summed E-state index contributed by atoms with van der Waals surface area (Å²) < 4.78 is 16.9. The van der Waals surface area contributed by atoms with Crippen LogP contribution in [0.4, 0.5) is 4.39 Å². The fourth-order valence-electron chi connectivity index (χ4n) is 1.24. The maximum absolute atomic E-state index is 12.4. The molecule has 4 nitrogen and oxygen atoms in total. The molecule has 1 aromatic rings. The lowest BCUT2D eigenvalue weighted by atomic mass is 10.2. The van der Waals surface area contributed by atoms with Crippen LogP contribution >= 0.6 is 0 Å². The maximum Gasteiger partial charge on any atom is 0.125 e. The van der Waals surface area contributed by atoms with Gasteiger partial charge in [-0.2, -0.15) is 0 Å². The predicted octanol–water partition coefficient (Wildman–Crippen LogP) is 1.56. The maximum atomic E-state index is 12.4. The van der Waals surface area contributed by atoms with Gasteiger partial charge in [-0.15, -0.1) is 0 Å². The second-order valence-corrected chi connectivity index (χ2v) is 3.09. The van der Waals surface area contributed by atoms with Crippen LogP contribution in [-0.2, 0) is 6.54 Å². The van der Waals surface area contributed by atoms with E-state index in [9.17, 15) is 4.39 Å². The first-order chi connectivity index (χ1) is 6.75. The average Bonchev–Trinajstić information content (AvgIpc) is 2.53. The minimum absolute atomic E-state index is 0.506. The summed E-state index contributed by atoms with van der Waals surface area (Å²) in [6.45, 7) is 7.49. The lowest BCUT2D eigenvalue weighted by molar-refractivity contribution is 0.0570. The first-order valence-corrected chi connectivity index (χ1v) is 4.90. The number of likely N-dealkylation sites (tertiary alicyclic amines) is 1. The molecule has 1 aromatic heterocycles. The highest BCUT2D eigenvalue weighted by atomic mass is 19.1. The summed E-state index contributed by atoms with van der Waals surface area (Å²) in [6, 6.07) is 0. The fourth-order valence-corrected chi connectivity index (χ4v) is 1.24. The van der Waals surface area contributed by atoms with Gasteiger partial charge >= 0.3 is 0 Å². The van der Waals surface area contributed by atoms with E-state index in [0.717, 1.165) is 11.4 Å². The van der Waals surface area contributed by atoms with Crippen LogP contribution in [0.25, 0.3) is 0 Å². The molecular formula is C9H16FN3O.